The zero-order valence-electron chi connectivity index (χ0n) is 25.3. The average Bonchev–Trinajstić information content (AvgIpc) is 3.00. The molecule has 0 aliphatic rings. The Bertz CT molecular complexity index is 1000. The standard InChI is InChI=1S/C38H52N2/c1-3-5-7-9-11-13-15-17-33-23-27-37(28-24-33)39-31-35-19-21-36(22-20-35)32-40-38-29-25-34(26-30-38)18-16-14-12-10-8-6-4-2/h19-32H,3-18H2,1-2H3/b39-31+,40-32+. The minimum Gasteiger partial charge on any atom is -0.256 e. The highest BCUT2D eigenvalue weighted by molar-refractivity contribution is 5.86. The Kier molecular flexibility index (Phi) is 15.7. The molecule has 3 aromatic carbocycles. The molecule has 3 aromatic rings. The third kappa shape index (κ3) is 13.4. The normalized spacial score (nSPS) is 11.7. The number of benzene rings is 3. The molecule has 3 rings (SSSR count). The molecule has 0 aliphatic carbocycles. The van der Waals surface area contributed by atoms with Gasteiger partial charge in [-0.05, 0) is 72.2 Å². The van der Waals surface area contributed by atoms with Crippen molar-refractivity contribution in [2.45, 2.75) is 117 Å². The van der Waals surface area contributed by atoms with E-state index in [1.165, 1.54) is 114 Å². The van der Waals surface area contributed by atoms with Gasteiger partial charge in [0.15, 0.2) is 0 Å². The van der Waals surface area contributed by atoms with E-state index in [-0.39, 0.29) is 0 Å². The van der Waals surface area contributed by atoms with Gasteiger partial charge in [0.25, 0.3) is 0 Å². The van der Waals surface area contributed by atoms with Crippen molar-refractivity contribution in [2.75, 3.05) is 0 Å². The van der Waals surface area contributed by atoms with Gasteiger partial charge in [0.1, 0.15) is 0 Å². The van der Waals surface area contributed by atoms with Crippen LogP contribution >= 0.6 is 0 Å². The molecule has 40 heavy (non-hydrogen) atoms. The topological polar surface area (TPSA) is 24.7 Å². The second kappa shape index (κ2) is 20.0. The van der Waals surface area contributed by atoms with E-state index in [0.717, 1.165) is 22.5 Å². The number of aryl methyl sites for hydroxylation is 2. The molecule has 0 fully saturated rings. The first-order valence-corrected chi connectivity index (χ1v) is 16.1. The molecule has 0 aliphatic heterocycles. The van der Waals surface area contributed by atoms with Crippen LogP contribution in [0.3, 0.4) is 0 Å². The first-order chi connectivity index (χ1) is 19.8. The van der Waals surface area contributed by atoms with Crippen LogP contribution in [0.2, 0.25) is 0 Å². The quantitative estimate of drug-likeness (QED) is 0.101. The first kappa shape index (κ1) is 31.5. The second-order valence-electron chi connectivity index (χ2n) is 11.3. The van der Waals surface area contributed by atoms with E-state index in [0.29, 0.717) is 0 Å². The van der Waals surface area contributed by atoms with Gasteiger partial charge in [0, 0.05) is 12.4 Å². The highest BCUT2D eigenvalue weighted by Crippen LogP contribution is 2.18. The van der Waals surface area contributed by atoms with Gasteiger partial charge in [0.2, 0.25) is 0 Å². The third-order valence-electron chi connectivity index (χ3n) is 7.67. The van der Waals surface area contributed by atoms with Crippen molar-refractivity contribution >= 4 is 23.8 Å². The minimum absolute atomic E-state index is 1.00. The van der Waals surface area contributed by atoms with Gasteiger partial charge in [-0.25, -0.2) is 0 Å². The van der Waals surface area contributed by atoms with E-state index in [9.17, 15) is 0 Å². The lowest BCUT2D eigenvalue weighted by atomic mass is 10.0. The average molecular weight is 537 g/mol. The van der Waals surface area contributed by atoms with E-state index < -0.39 is 0 Å². The van der Waals surface area contributed by atoms with E-state index in [2.05, 4.69) is 96.6 Å². The highest BCUT2D eigenvalue weighted by atomic mass is 14.7. The Balaban J connectivity index is 1.36. The Labute approximate surface area is 245 Å². The molecule has 0 radical (unpaired) electrons. The zero-order chi connectivity index (χ0) is 28.1. The van der Waals surface area contributed by atoms with Gasteiger partial charge in [0.05, 0.1) is 11.4 Å². The fourth-order valence-corrected chi connectivity index (χ4v) is 5.04. The molecule has 0 aromatic heterocycles. The van der Waals surface area contributed by atoms with Crippen molar-refractivity contribution in [1.82, 2.24) is 0 Å². The van der Waals surface area contributed by atoms with Crippen molar-refractivity contribution in [3.8, 4) is 0 Å². The summed E-state index contributed by atoms with van der Waals surface area (Å²) in [6.45, 7) is 4.55. The molecule has 0 atom stereocenters. The lowest BCUT2D eigenvalue weighted by Gasteiger charge is -2.03. The summed E-state index contributed by atoms with van der Waals surface area (Å²) in [5.74, 6) is 0. The van der Waals surface area contributed by atoms with Gasteiger partial charge >= 0.3 is 0 Å². The van der Waals surface area contributed by atoms with Crippen LogP contribution < -0.4 is 0 Å². The van der Waals surface area contributed by atoms with Gasteiger partial charge in [-0.3, -0.25) is 9.98 Å². The van der Waals surface area contributed by atoms with Crippen LogP contribution in [0.1, 0.15) is 126 Å². The van der Waals surface area contributed by atoms with Gasteiger partial charge in [-0.15, -0.1) is 0 Å². The number of hydrogen-bond acceptors (Lipinski definition) is 2. The molecule has 2 nitrogen and oxygen atoms in total. The third-order valence-corrected chi connectivity index (χ3v) is 7.67. The van der Waals surface area contributed by atoms with Crippen molar-refractivity contribution in [3.05, 3.63) is 95.1 Å². The maximum atomic E-state index is 4.67. The zero-order valence-corrected chi connectivity index (χ0v) is 25.3. The van der Waals surface area contributed by atoms with Gasteiger partial charge < -0.3 is 0 Å². The summed E-state index contributed by atoms with van der Waals surface area (Å²) in [4.78, 5) is 9.34. The maximum absolute atomic E-state index is 4.67. The van der Waals surface area contributed by atoms with Crippen LogP contribution in [-0.4, -0.2) is 12.4 Å². The monoisotopic (exact) mass is 536 g/mol. The number of hydrogen-bond donors (Lipinski definition) is 0. The van der Waals surface area contributed by atoms with Crippen LogP contribution in [0, 0.1) is 0 Å². The Morgan fingerprint density at radius 1 is 0.400 bits per heavy atom. The Morgan fingerprint density at radius 3 is 1.07 bits per heavy atom. The molecule has 0 unspecified atom stereocenters. The predicted molar refractivity (Wildman–Crippen MR) is 177 cm³/mol. The van der Waals surface area contributed by atoms with Crippen molar-refractivity contribution in [2.24, 2.45) is 9.98 Å². The summed E-state index contributed by atoms with van der Waals surface area (Å²) in [7, 11) is 0. The molecule has 0 N–H and O–H groups in total. The summed E-state index contributed by atoms with van der Waals surface area (Å²) in [5.41, 5.74) is 7.03. The van der Waals surface area contributed by atoms with E-state index in [4.69, 9.17) is 0 Å². The Hall–Kier alpha value is -3.00. The summed E-state index contributed by atoms with van der Waals surface area (Å²) in [6, 6.07) is 25.9. The van der Waals surface area contributed by atoms with Gasteiger partial charge in [-0.1, -0.05) is 139 Å². The smallest absolute Gasteiger partial charge is 0.0630 e. The fraction of sp³-hybridized carbons (Fsp3) is 0.474. The largest absolute Gasteiger partial charge is 0.256 e. The number of rotatable bonds is 20. The van der Waals surface area contributed by atoms with Crippen LogP contribution in [0.15, 0.2) is 82.8 Å². The molecule has 0 spiro atoms. The Morgan fingerprint density at radius 2 is 0.725 bits per heavy atom. The first-order valence-electron chi connectivity index (χ1n) is 16.1. The van der Waals surface area contributed by atoms with Crippen LogP contribution in [0.4, 0.5) is 11.4 Å². The molecular formula is C38H52N2. The molecule has 0 heterocycles. The molecule has 2 heteroatoms. The lowest BCUT2D eigenvalue weighted by Crippen LogP contribution is -1.87. The van der Waals surface area contributed by atoms with E-state index in [1.807, 2.05) is 12.4 Å². The fourth-order valence-electron chi connectivity index (χ4n) is 5.04. The van der Waals surface area contributed by atoms with E-state index >= 15 is 0 Å². The number of aliphatic imine (C=N–C) groups is 2. The molecule has 0 bridgehead atoms. The number of nitrogens with zero attached hydrogens (tertiary/aromatic N) is 2. The summed E-state index contributed by atoms with van der Waals surface area (Å²) in [5, 5.41) is 0. The lowest BCUT2D eigenvalue weighted by molar-refractivity contribution is 0.589. The second-order valence-corrected chi connectivity index (χ2v) is 11.3. The number of unbranched alkanes of at least 4 members (excludes halogenated alkanes) is 12. The summed E-state index contributed by atoms with van der Waals surface area (Å²) in [6.07, 6.45) is 25.2. The van der Waals surface area contributed by atoms with Crippen molar-refractivity contribution < 1.29 is 0 Å². The molecule has 0 saturated carbocycles. The molecule has 0 saturated heterocycles. The van der Waals surface area contributed by atoms with Crippen LogP contribution in [0.25, 0.3) is 0 Å². The predicted octanol–water partition coefficient (Wildman–Crippen LogP) is 11.8. The molecular weight excluding hydrogens is 484 g/mol. The van der Waals surface area contributed by atoms with Crippen LogP contribution in [-0.2, 0) is 12.8 Å². The van der Waals surface area contributed by atoms with Gasteiger partial charge in [-0.2, -0.15) is 0 Å². The minimum atomic E-state index is 1.00. The highest BCUT2D eigenvalue weighted by Gasteiger charge is 1.98. The summed E-state index contributed by atoms with van der Waals surface area (Å²) < 4.78 is 0. The van der Waals surface area contributed by atoms with Crippen molar-refractivity contribution in [1.29, 1.82) is 0 Å². The SMILES string of the molecule is CCCCCCCCCc1ccc(/N=C/c2ccc(/C=N/c3ccc(CCCCCCCCC)cc3)cc2)cc1. The summed E-state index contributed by atoms with van der Waals surface area (Å²) >= 11 is 0. The maximum Gasteiger partial charge on any atom is 0.0630 e. The molecule has 0 amide bonds. The van der Waals surface area contributed by atoms with Crippen LogP contribution in [0.5, 0.6) is 0 Å². The molecule has 214 valence electrons. The van der Waals surface area contributed by atoms with Crippen molar-refractivity contribution in [3.63, 3.8) is 0 Å². The van der Waals surface area contributed by atoms with E-state index in [1.54, 1.807) is 0 Å².